The zero-order valence-corrected chi connectivity index (χ0v) is 14.5. The molecule has 5 nitrogen and oxygen atoms in total. The van der Waals surface area contributed by atoms with Crippen molar-refractivity contribution in [2.24, 2.45) is 5.73 Å². The van der Waals surface area contributed by atoms with Crippen molar-refractivity contribution in [3.05, 3.63) is 17.0 Å². The SMILES string of the molecule is CCCS(=O)(=O)CCn1nc(CC)c(C(N)CC)c1CC. The first kappa shape index (κ1) is 18.2. The van der Waals surface area contributed by atoms with Crippen molar-refractivity contribution in [2.45, 2.75) is 66.0 Å². The van der Waals surface area contributed by atoms with Gasteiger partial charge in [0, 0.05) is 23.1 Å². The van der Waals surface area contributed by atoms with Crippen LogP contribution in [-0.2, 0) is 29.2 Å². The number of rotatable bonds is 9. The normalized spacial score (nSPS) is 13.6. The second-order valence-electron chi connectivity index (χ2n) is 5.40. The van der Waals surface area contributed by atoms with Crippen molar-refractivity contribution in [1.29, 1.82) is 0 Å². The Hall–Kier alpha value is -0.880. The molecule has 0 spiro atoms. The maximum absolute atomic E-state index is 11.9. The third-order valence-electron chi connectivity index (χ3n) is 3.78. The van der Waals surface area contributed by atoms with Crippen LogP contribution in [0.15, 0.2) is 0 Å². The number of aryl methyl sites for hydroxylation is 2. The standard InChI is InChI=1S/C15H29N3O2S/c1-5-10-21(19,20)11-9-18-14(8-4)15(12(16)6-2)13(7-3)17-18/h12H,5-11,16H2,1-4H3. The van der Waals surface area contributed by atoms with Gasteiger partial charge in [-0.3, -0.25) is 4.68 Å². The predicted octanol–water partition coefficient (Wildman–Crippen LogP) is 2.24. The maximum Gasteiger partial charge on any atom is 0.152 e. The molecule has 1 rings (SSSR count). The van der Waals surface area contributed by atoms with E-state index in [1.54, 1.807) is 0 Å². The molecule has 0 fully saturated rings. The molecule has 1 aromatic rings. The summed E-state index contributed by atoms with van der Waals surface area (Å²) >= 11 is 0. The zero-order valence-electron chi connectivity index (χ0n) is 13.7. The fourth-order valence-corrected chi connectivity index (χ4v) is 3.93. The van der Waals surface area contributed by atoms with E-state index >= 15 is 0 Å². The molecule has 1 unspecified atom stereocenters. The van der Waals surface area contributed by atoms with Crippen LogP contribution in [0.3, 0.4) is 0 Å². The highest BCUT2D eigenvalue weighted by Crippen LogP contribution is 2.24. The Morgan fingerprint density at radius 1 is 1.14 bits per heavy atom. The number of hydrogen-bond donors (Lipinski definition) is 1. The Morgan fingerprint density at radius 3 is 2.29 bits per heavy atom. The van der Waals surface area contributed by atoms with Crippen LogP contribution in [-0.4, -0.2) is 29.7 Å². The number of nitrogens with two attached hydrogens (primary N) is 1. The van der Waals surface area contributed by atoms with Gasteiger partial charge >= 0.3 is 0 Å². The van der Waals surface area contributed by atoms with Crippen molar-refractivity contribution in [2.75, 3.05) is 11.5 Å². The fraction of sp³-hybridized carbons (Fsp3) is 0.800. The van der Waals surface area contributed by atoms with E-state index in [9.17, 15) is 8.42 Å². The molecule has 0 aromatic carbocycles. The first-order valence-corrected chi connectivity index (χ1v) is 9.76. The lowest BCUT2D eigenvalue weighted by molar-refractivity contribution is 0.570. The summed E-state index contributed by atoms with van der Waals surface area (Å²) in [5.41, 5.74) is 9.44. The smallest absolute Gasteiger partial charge is 0.152 e. The lowest BCUT2D eigenvalue weighted by atomic mass is 10.00. The minimum Gasteiger partial charge on any atom is -0.324 e. The number of hydrogen-bond acceptors (Lipinski definition) is 4. The van der Waals surface area contributed by atoms with Crippen molar-refractivity contribution in [3.63, 3.8) is 0 Å². The highest BCUT2D eigenvalue weighted by molar-refractivity contribution is 7.91. The van der Waals surface area contributed by atoms with Crippen LogP contribution in [0, 0.1) is 0 Å². The second kappa shape index (κ2) is 7.94. The summed E-state index contributed by atoms with van der Waals surface area (Å²) in [4.78, 5) is 0. The van der Waals surface area contributed by atoms with Gasteiger partial charge < -0.3 is 5.73 Å². The van der Waals surface area contributed by atoms with E-state index in [0.29, 0.717) is 13.0 Å². The van der Waals surface area contributed by atoms with Gasteiger partial charge in [-0.1, -0.05) is 27.7 Å². The fourth-order valence-electron chi connectivity index (χ4n) is 2.66. The summed E-state index contributed by atoms with van der Waals surface area (Å²) in [6, 6.07) is -0.0177. The largest absolute Gasteiger partial charge is 0.324 e. The van der Waals surface area contributed by atoms with Crippen molar-refractivity contribution < 1.29 is 8.42 Å². The molecule has 0 aliphatic carbocycles. The zero-order chi connectivity index (χ0) is 16.0. The summed E-state index contributed by atoms with van der Waals surface area (Å²) < 4.78 is 25.6. The Kier molecular flexibility index (Phi) is 6.87. The monoisotopic (exact) mass is 315 g/mol. The molecular formula is C15H29N3O2S. The van der Waals surface area contributed by atoms with Crippen molar-refractivity contribution in [3.8, 4) is 0 Å². The van der Waals surface area contributed by atoms with Gasteiger partial charge in [0.1, 0.15) is 0 Å². The Morgan fingerprint density at radius 2 is 1.81 bits per heavy atom. The van der Waals surface area contributed by atoms with E-state index in [-0.39, 0.29) is 17.5 Å². The molecule has 0 saturated carbocycles. The molecule has 0 radical (unpaired) electrons. The first-order valence-electron chi connectivity index (χ1n) is 7.94. The van der Waals surface area contributed by atoms with E-state index in [4.69, 9.17) is 5.73 Å². The van der Waals surface area contributed by atoms with E-state index in [2.05, 4.69) is 25.9 Å². The highest BCUT2D eigenvalue weighted by Gasteiger charge is 2.21. The van der Waals surface area contributed by atoms with Gasteiger partial charge in [-0.25, -0.2) is 8.42 Å². The van der Waals surface area contributed by atoms with E-state index < -0.39 is 9.84 Å². The topological polar surface area (TPSA) is 78.0 Å². The van der Waals surface area contributed by atoms with E-state index in [0.717, 1.165) is 36.2 Å². The molecule has 0 aliphatic heterocycles. The highest BCUT2D eigenvalue weighted by atomic mass is 32.2. The summed E-state index contributed by atoms with van der Waals surface area (Å²) in [7, 11) is -2.98. The van der Waals surface area contributed by atoms with Gasteiger partial charge in [0.15, 0.2) is 9.84 Å². The van der Waals surface area contributed by atoms with Gasteiger partial charge in [0.25, 0.3) is 0 Å². The molecule has 0 saturated heterocycles. The van der Waals surface area contributed by atoms with Gasteiger partial charge in [0.05, 0.1) is 18.0 Å². The number of nitrogens with zero attached hydrogens (tertiary/aromatic N) is 2. The molecule has 1 atom stereocenters. The number of aromatic nitrogens is 2. The van der Waals surface area contributed by atoms with Crippen LogP contribution in [0.4, 0.5) is 0 Å². The predicted molar refractivity (Wildman–Crippen MR) is 87.1 cm³/mol. The lowest BCUT2D eigenvalue weighted by Gasteiger charge is -2.12. The van der Waals surface area contributed by atoms with Crippen molar-refractivity contribution in [1.82, 2.24) is 9.78 Å². The molecule has 1 aromatic heterocycles. The van der Waals surface area contributed by atoms with E-state index in [1.165, 1.54) is 0 Å². The average molecular weight is 315 g/mol. The van der Waals surface area contributed by atoms with Gasteiger partial charge in [-0.2, -0.15) is 5.10 Å². The second-order valence-corrected chi connectivity index (χ2v) is 7.71. The summed E-state index contributed by atoms with van der Waals surface area (Å²) in [5, 5.41) is 4.60. The maximum atomic E-state index is 11.9. The summed E-state index contributed by atoms with van der Waals surface area (Å²) in [6.07, 6.45) is 3.17. The summed E-state index contributed by atoms with van der Waals surface area (Å²) in [5.74, 6) is 0.400. The van der Waals surface area contributed by atoms with Gasteiger partial charge in [-0.15, -0.1) is 0 Å². The third kappa shape index (κ3) is 4.54. The molecule has 6 heteroatoms. The Labute approximate surface area is 128 Å². The average Bonchev–Trinajstić information content (AvgIpc) is 2.82. The van der Waals surface area contributed by atoms with Crippen LogP contribution < -0.4 is 5.73 Å². The Balaban J connectivity index is 3.05. The third-order valence-corrected chi connectivity index (χ3v) is 5.62. The van der Waals surface area contributed by atoms with E-state index in [1.807, 2.05) is 11.6 Å². The molecule has 122 valence electrons. The van der Waals surface area contributed by atoms with Crippen LogP contribution >= 0.6 is 0 Å². The molecule has 0 amide bonds. The quantitative estimate of drug-likeness (QED) is 0.758. The molecule has 0 bridgehead atoms. The number of sulfone groups is 1. The lowest BCUT2D eigenvalue weighted by Crippen LogP contribution is -2.18. The Bertz CT molecular complexity index is 550. The van der Waals surface area contributed by atoms with Crippen molar-refractivity contribution >= 4 is 9.84 Å². The van der Waals surface area contributed by atoms with Gasteiger partial charge in [-0.05, 0) is 25.7 Å². The minimum absolute atomic E-state index is 0.0177. The minimum atomic E-state index is -2.98. The molecule has 21 heavy (non-hydrogen) atoms. The first-order chi connectivity index (χ1) is 9.90. The van der Waals surface area contributed by atoms with Crippen LogP contribution in [0.1, 0.15) is 63.5 Å². The molecule has 0 aliphatic rings. The summed E-state index contributed by atoms with van der Waals surface area (Å²) in [6.45, 7) is 8.50. The van der Waals surface area contributed by atoms with Crippen LogP contribution in [0.25, 0.3) is 0 Å². The van der Waals surface area contributed by atoms with Crippen LogP contribution in [0.5, 0.6) is 0 Å². The molecule has 1 heterocycles. The van der Waals surface area contributed by atoms with Crippen LogP contribution in [0.2, 0.25) is 0 Å². The molecule has 2 N–H and O–H groups in total. The molecular weight excluding hydrogens is 286 g/mol. The van der Waals surface area contributed by atoms with Gasteiger partial charge in [0.2, 0.25) is 0 Å².